The molecule has 2 nitrogen and oxygen atoms in total. The molecule has 112 valence electrons. The number of hydrogen-bond acceptors (Lipinski definition) is 2. The molecule has 2 saturated carbocycles. The van der Waals surface area contributed by atoms with Crippen molar-refractivity contribution in [1.82, 2.24) is 0 Å². The molecule has 2 rings (SSSR count). The summed E-state index contributed by atoms with van der Waals surface area (Å²) in [5.41, 5.74) is 6.72. The van der Waals surface area contributed by atoms with Crippen LogP contribution in [0, 0.1) is 17.8 Å². The highest BCUT2D eigenvalue weighted by Crippen LogP contribution is 2.42. The van der Waals surface area contributed by atoms with Crippen LogP contribution in [0.4, 0.5) is 0 Å². The van der Waals surface area contributed by atoms with E-state index in [0.29, 0.717) is 5.92 Å². The normalized spacial score (nSPS) is 36.9. The van der Waals surface area contributed by atoms with Crippen molar-refractivity contribution in [2.75, 3.05) is 6.61 Å². The standard InChI is InChI=1S/C17H33NO/c1-4-19-17(10-6-5-7-11-17)16(18)15-9-8-13(2)14(3)12-15/h13-16H,4-12,18H2,1-3H3. The first-order valence-electron chi connectivity index (χ1n) is 8.48. The highest BCUT2D eigenvalue weighted by Gasteiger charge is 2.43. The first kappa shape index (κ1) is 15.3. The van der Waals surface area contributed by atoms with Crippen LogP contribution in [0.25, 0.3) is 0 Å². The topological polar surface area (TPSA) is 35.2 Å². The SMILES string of the molecule is CCOC1(C(N)C2CCC(C)C(C)C2)CCCCC1. The third-order valence-corrected chi connectivity index (χ3v) is 5.89. The van der Waals surface area contributed by atoms with E-state index in [-0.39, 0.29) is 11.6 Å². The molecule has 0 amide bonds. The van der Waals surface area contributed by atoms with Gasteiger partial charge in [-0.1, -0.05) is 39.5 Å². The monoisotopic (exact) mass is 267 g/mol. The van der Waals surface area contributed by atoms with Gasteiger partial charge in [0.05, 0.1) is 5.60 Å². The van der Waals surface area contributed by atoms with Crippen molar-refractivity contribution in [3.05, 3.63) is 0 Å². The molecule has 0 saturated heterocycles. The lowest BCUT2D eigenvalue weighted by molar-refractivity contribution is -0.0988. The van der Waals surface area contributed by atoms with Crippen molar-refractivity contribution in [1.29, 1.82) is 0 Å². The average molecular weight is 267 g/mol. The summed E-state index contributed by atoms with van der Waals surface area (Å²) < 4.78 is 6.22. The van der Waals surface area contributed by atoms with E-state index < -0.39 is 0 Å². The van der Waals surface area contributed by atoms with Gasteiger partial charge in [-0.05, 0) is 50.4 Å². The van der Waals surface area contributed by atoms with Crippen molar-refractivity contribution in [2.45, 2.75) is 83.8 Å². The van der Waals surface area contributed by atoms with Gasteiger partial charge in [-0.3, -0.25) is 0 Å². The molecule has 0 aromatic heterocycles. The smallest absolute Gasteiger partial charge is 0.0835 e. The van der Waals surface area contributed by atoms with Gasteiger partial charge in [0, 0.05) is 12.6 Å². The van der Waals surface area contributed by atoms with Crippen molar-refractivity contribution >= 4 is 0 Å². The van der Waals surface area contributed by atoms with Crippen molar-refractivity contribution < 1.29 is 4.74 Å². The van der Waals surface area contributed by atoms with Gasteiger partial charge in [-0.25, -0.2) is 0 Å². The van der Waals surface area contributed by atoms with Crippen LogP contribution in [-0.2, 0) is 4.74 Å². The Hall–Kier alpha value is -0.0800. The minimum absolute atomic E-state index is 0.00202. The van der Waals surface area contributed by atoms with E-state index in [1.807, 2.05) is 0 Å². The number of nitrogens with two attached hydrogens (primary N) is 1. The highest BCUT2D eigenvalue weighted by molar-refractivity contribution is 4.98. The summed E-state index contributed by atoms with van der Waals surface area (Å²) in [7, 11) is 0. The van der Waals surface area contributed by atoms with E-state index >= 15 is 0 Å². The van der Waals surface area contributed by atoms with Gasteiger partial charge in [0.25, 0.3) is 0 Å². The summed E-state index contributed by atoms with van der Waals surface area (Å²) in [5, 5.41) is 0. The van der Waals surface area contributed by atoms with Crippen LogP contribution in [0.3, 0.4) is 0 Å². The number of ether oxygens (including phenoxy) is 1. The van der Waals surface area contributed by atoms with Gasteiger partial charge in [-0.2, -0.15) is 0 Å². The van der Waals surface area contributed by atoms with Crippen LogP contribution in [0.5, 0.6) is 0 Å². The minimum atomic E-state index is -0.00202. The second-order valence-electron chi connectivity index (χ2n) is 7.11. The average Bonchev–Trinajstić information content (AvgIpc) is 2.42. The Morgan fingerprint density at radius 1 is 1.11 bits per heavy atom. The Morgan fingerprint density at radius 2 is 1.79 bits per heavy atom. The molecular weight excluding hydrogens is 234 g/mol. The van der Waals surface area contributed by atoms with E-state index in [9.17, 15) is 0 Å². The van der Waals surface area contributed by atoms with Crippen LogP contribution < -0.4 is 5.73 Å². The lowest BCUT2D eigenvalue weighted by Crippen LogP contribution is -2.56. The molecular formula is C17H33NO. The van der Waals surface area contributed by atoms with Crippen LogP contribution in [0.15, 0.2) is 0 Å². The first-order valence-corrected chi connectivity index (χ1v) is 8.48. The third kappa shape index (κ3) is 3.33. The molecule has 2 aliphatic carbocycles. The van der Waals surface area contributed by atoms with Crippen LogP contribution in [0.2, 0.25) is 0 Å². The maximum absolute atomic E-state index is 6.73. The largest absolute Gasteiger partial charge is 0.374 e. The number of hydrogen-bond donors (Lipinski definition) is 1. The van der Waals surface area contributed by atoms with Crippen LogP contribution in [-0.4, -0.2) is 18.2 Å². The molecule has 0 heterocycles. The fourth-order valence-electron chi connectivity index (χ4n) is 4.36. The fourth-order valence-corrected chi connectivity index (χ4v) is 4.36. The quantitative estimate of drug-likeness (QED) is 0.831. The zero-order valence-corrected chi connectivity index (χ0v) is 13.2. The first-order chi connectivity index (χ1) is 9.09. The van der Waals surface area contributed by atoms with E-state index in [1.54, 1.807) is 0 Å². The van der Waals surface area contributed by atoms with Gasteiger partial charge in [0.15, 0.2) is 0 Å². The summed E-state index contributed by atoms with van der Waals surface area (Å²) in [6.45, 7) is 7.73. The molecule has 4 unspecified atom stereocenters. The predicted molar refractivity (Wildman–Crippen MR) is 81.1 cm³/mol. The molecule has 0 aromatic carbocycles. The van der Waals surface area contributed by atoms with Gasteiger partial charge in [-0.15, -0.1) is 0 Å². The summed E-state index contributed by atoms with van der Waals surface area (Å²) in [6.07, 6.45) is 10.3. The van der Waals surface area contributed by atoms with Gasteiger partial charge >= 0.3 is 0 Å². The lowest BCUT2D eigenvalue weighted by atomic mass is 9.67. The maximum Gasteiger partial charge on any atom is 0.0835 e. The molecule has 2 aliphatic rings. The van der Waals surface area contributed by atoms with Crippen molar-refractivity contribution in [3.8, 4) is 0 Å². The Labute approximate surface area is 119 Å². The van der Waals surface area contributed by atoms with Crippen LogP contribution in [0.1, 0.15) is 72.1 Å². The molecule has 4 atom stereocenters. The van der Waals surface area contributed by atoms with E-state index in [1.165, 1.54) is 51.4 Å². The molecule has 19 heavy (non-hydrogen) atoms. The fraction of sp³-hybridized carbons (Fsp3) is 1.00. The maximum atomic E-state index is 6.73. The molecule has 0 radical (unpaired) electrons. The molecule has 2 fully saturated rings. The van der Waals surface area contributed by atoms with E-state index in [4.69, 9.17) is 10.5 Å². The van der Waals surface area contributed by atoms with Gasteiger partial charge in [0.1, 0.15) is 0 Å². The van der Waals surface area contributed by atoms with Gasteiger partial charge in [0.2, 0.25) is 0 Å². The molecule has 0 bridgehead atoms. The van der Waals surface area contributed by atoms with E-state index in [0.717, 1.165) is 18.4 Å². The lowest BCUT2D eigenvalue weighted by Gasteiger charge is -2.47. The summed E-state index contributed by atoms with van der Waals surface area (Å²) in [4.78, 5) is 0. The molecule has 0 spiro atoms. The third-order valence-electron chi connectivity index (χ3n) is 5.89. The Morgan fingerprint density at radius 3 is 2.37 bits per heavy atom. The summed E-state index contributed by atoms with van der Waals surface area (Å²) in [5.74, 6) is 2.38. The predicted octanol–water partition coefficient (Wildman–Crippen LogP) is 4.13. The van der Waals surface area contributed by atoms with Crippen molar-refractivity contribution in [2.24, 2.45) is 23.5 Å². The molecule has 2 N–H and O–H groups in total. The summed E-state index contributed by atoms with van der Waals surface area (Å²) >= 11 is 0. The zero-order chi connectivity index (χ0) is 13.9. The second-order valence-corrected chi connectivity index (χ2v) is 7.11. The van der Waals surface area contributed by atoms with E-state index in [2.05, 4.69) is 20.8 Å². The highest BCUT2D eigenvalue weighted by atomic mass is 16.5. The van der Waals surface area contributed by atoms with Crippen molar-refractivity contribution in [3.63, 3.8) is 0 Å². The minimum Gasteiger partial charge on any atom is -0.374 e. The number of rotatable bonds is 4. The zero-order valence-electron chi connectivity index (χ0n) is 13.2. The summed E-state index contributed by atoms with van der Waals surface area (Å²) in [6, 6.07) is 0.252. The second kappa shape index (κ2) is 6.58. The molecule has 0 aliphatic heterocycles. The van der Waals surface area contributed by atoms with Crippen LogP contribution >= 0.6 is 0 Å². The Kier molecular flexibility index (Phi) is 5.30. The Balaban J connectivity index is 2.04. The molecule has 0 aromatic rings. The van der Waals surface area contributed by atoms with Gasteiger partial charge < -0.3 is 10.5 Å². The Bertz CT molecular complexity index is 267. The molecule has 2 heteroatoms.